The highest BCUT2D eigenvalue weighted by Crippen LogP contribution is 2.16. The Bertz CT molecular complexity index is 451. The average Bonchev–Trinajstić information content (AvgIpc) is 2.31. The molecule has 2 amide bonds. The number of anilines is 1. The number of methoxy groups -OCH3 is 1. The summed E-state index contributed by atoms with van der Waals surface area (Å²) in [7, 11) is 1.49. The molecule has 0 fully saturated rings. The Morgan fingerprint density at radius 2 is 2.17 bits per heavy atom. The molecule has 0 bridgehead atoms. The number of hydrogen-bond donors (Lipinski definition) is 3. The summed E-state index contributed by atoms with van der Waals surface area (Å²) in [5.74, 6) is -2.00. The molecule has 0 aliphatic carbocycles. The van der Waals surface area contributed by atoms with Crippen molar-refractivity contribution in [2.75, 3.05) is 25.6 Å². The van der Waals surface area contributed by atoms with Gasteiger partial charge in [-0.25, -0.2) is 14.0 Å². The monoisotopic (exact) mass is 256 g/mol. The van der Waals surface area contributed by atoms with Crippen LogP contribution in [0.3, 0.4) is 0 Å². The third-order valence-corrected chi connectivity index (χ3v) is 2.05. The number of ether oxygens (including phenoxy) is 1. The number of aromatic carboxylic acids is 1. The van der Waals surface area contributed by atoms with E-state index in [4.69, 9.17) is 9.84 Å². The lowest BCUT2D eigenvalue weighted by Gasteiger charge is -2.09. The number of benzene rings is 1. The number of rotatable bonds is 5. The van der Waals surface area contributed by atoms with E-state index in [1.165, 1.54) is 13.2 Å². The molecule has 3 N–H and O–H groups in total. The summed E-state index contributed by atoms with van der Waals surface area (Å²) >= 11 is 0. The second kappa shape index (κ2) is 6.55. The molecule has 1 aromatic carbocycles. The van der Waals surface area contributed by atoms with Gasteiger partial charge in [-0.2, -0.15) is 0 Å². The fourth-order valence-electron chi connectivity index (χ4n) is 1.24. The Labute approximate surface area is 103 Å². The van der Waals surface area contributed by atoms with Crippen molar-refractivity contribution in [2.24, 2.45) is 0 Å². The van der Waals surface area contributed by atoms with E-state index in [2.05, 4.69) is 10.6 Å². The molecule has 0 aliphatic rings. The van der Waals surface area contributed by atoms with Gasteiger partial charge in [-0.05, 0) is 18.2 Å². The second-order valence-electron chi connectivity index (χ2n) is 3.37. The van der Waals surface area contributed by atoms with Crippen LogP contribution >= 0.6 is 0 Å². The van der Waals surface area contributed by atoms with Crippen LogP contribution in [0.2, 0.25) is 0 Å². The fourth-order valence-corrected chi connectivity index (χ4v) is 1.24. The van der Waals surface area contributed by atoms with E-state index in [9.17, 15) is 14.0 Å². The van der Waals surface area contributed by atoms with Gasteiger partial charge in [-0.15, -0.1) is 0 Å². The minimum absolute atomic E-state index is 0.0267. The smallest absolute Gasteiger partial charge is 0.337 e. The van der Waals surface area contributed by atoms with Gasteiger partial charge in [0, 0.05) is 13.7 Å². The van der Waals surface area contributed by atoms with Crippen molar-refractivity contribution in [1.82, 2.24) is 5.32 Å². The van der Waals surface area contributed by atoms with Crippen molar-refractivity contribution in [2.45, 2.75) is 0 Å². The Morgan fingerprint density at radius 3 is 2.78 bits per heavy atom. The summed E-state index contributed by atoms with van der Waals surface area (Å²) in [5.41, 5.74) is -0.282. The number of carbonyl (C=O) groups is 2. The van der Waals surface area contributed by atoms with Gasteiger partial charge in [0.1, 0.15) is 5.82 Å². The van der Waals surface area contributed by atoms with Gasteiger partial charge in [0.2, 0.25) is 0 Å². The summed E-state index contributed by atoms with van der Waals surface area (Å²) in [6, 6.07) is 2.51. The van der Waals surface area contributed by atoms with E-state index < -0.39 is 17.8 Å². The number of nitrogens with one attached hydrogen (secondary N) is 2. The molecular formula is C11H13FN2O4. The molecule has 1 aromatic rings. The highest BCUT2D eigenvalue weighted by atomic mass is 19.1. The van der Waals surface area contributed by atoms with E-state index in [1.807, 2.05) is 0 Å². The molecule has 0 atom stereocenters. The quantitative estimate of drug-likeness (QED) is 0.693. The molecule has 0 spiro atoms. The van der Waals surface area contributed by atoms with E-state index in [1.54, 1.807) is 0 Å². The third kappa shape index (κ3) is 4.02. The van der Waals surface area contributed by atoms with Crippen LogP contribution < -0.4 is 10.6 Å². The van der Waals surface area contributed by atoms with Crippen molar-refractivity contribution in [3.63, 3.8) is 0 Å². The van der Waals surface area contributed by atoms with Crippen LogP contribution in [0.15, 0.2) is 18.2 Å². The summed E-state index contributed by atoms with van der Waals surface area (Å²) in [6.07, 6.45) is 0. The van der Waals surface area contributed by atoms with Crippen molar-refractivity contribution in [3.8, 4) is 0 Å². The molecule has 98 valence electrons. The molecule has 6 nitrogen and oxygen atoms in total. The first-order chi connectivity index (χ1) is 8.54. The lowest BCUT2D eigenvalue weighted by Crippen LogP contribution is -2.31. The van der Waals surface area contributed by atoms with Gasteiger partial charge in [0.25, 0.3) is 0 Å². The molecule has 1 rings (SSSR count). The predicted molar refractivity (Wildman–Crippen MR) is 62.3 cm³/mol. The second-order valence-corrected chi connectivity index (χ2v) is 3.37. The highest BCUT2D eigenvalue weighted by molar-refractivity contribution is 5.99. The number of hydrogen-bond acceptors (Lipinski definition) is 3. The van der Waals surface area contributed by atoms with Crippen LogP contribution in [0.4, 0.5) is 14.9 Å². The molecule has 0 aliphatic heterocycles. The minimum atomic E-state index is -1.32. The molecular weight excluding hydrogens is 243 g/mol. The van der Waals surface area contributed by atoms with Crippen molar-refractivity contribution < 1.29 is 23.8 Å². The fraction of sp³-hybridized carbons (Fsp3) is 0.273. The van der Waals surface area contributed by atoms with Crippen LogP contribution in [0, 0.1) is 5.82 Å². The normalized spacial score (nSPS) is 9.89. The van der Waals surface area contributed by atoms with Gasteiger partial charge in [-0.3, -0.25) is 0 Å². The standard InChI is InChI=1S/C11H13FN2O4/c1-18-5-4-13-11(17)14-9-3-2-7(12)6-8(9)10(15)16/h2-3,6H,4-5H2,1H3,(H,15,16)(H2,13,14,17). The molecule has 7 heteroatoms. The van der Waals surface area contributed by atoms with Crippen molar-refractivity contribution in [1.29, 1.82) is 0 Å². The molecule has 0 radical (unpaired) electrons. The van der Waals surface area contributed by atoms with Crippen molar-refractivity contribution in [3.05, 3.63) is 29.6 Å². The summed E-state index contributed by atoms with van der Waals surface area (Å²) in [5, 5.41) is 13.6. The summed E-state index contributed by atoms with van der Waals surface area (Å²) < 4.78 is 17.6. The maximum atomic E-state index is 12.9. The Hall–Kier alpha value is -2.15. The van der Waals surface area contributed by atoms with Crippen LogP contribution in [0.1, 0.15) is 10.4 Å². The van der Waals surface area contributed by atoms with Gasteiger partial charge < -0.3 is 20.5 Å². The van der Waals surface area contributed by atoms with E-state index in [0.29, 0.717) is 6.61 Å². The molecule has 0 aromatic heterocycles. The Balaban J connectivity index is 2.72. The molecule has 0 saturated carbocycles. The maximum absolute atomic E-state index is 12.9. The first-order valence-electron chi connectivity index (χ1n) is 5.11. The number of carboxylic acid groups (broad SMARTS) is 1. The number of urea groups is 1. The molecule has 18 heavy (non-hydrogen) atoms. The predicted octanol–water partition coefficient (Wildman–Crippen LogP) is 1.29. The topological polar surface area (TPSA) is 87.7 Å². The average molecular weight is 256 g/mol. The van der Waals surface area contributed by atoms with Gasteiger partial charge in [0.05, 0.1) is 17.9 Å². The summed E-state index contributed by atoms with van der Waals surface area (Å²) in [4.78, 5) is 22.2. The van der Waals surface area contributed by atoms with Crippen LogP contribution in [-0.4, -0.2) is 37.4 Å². The maximum Gasteiger partial charge on any atom is 0.337 e. The van der Waals surface area contributed by atoms with Crippen LogP contribution in [0.5, 0.6) is 0 Å². The number of carboxylic acids is 1. The zero-order valence-corrected chi connectivity index (χ0v) is 9.70. The zero-order valence-electron chi connectivity index (χ0n) is 9.70. The SMILES string of the molecule is COCCNC(=O)Nc1ccc(F)cc1C(=O)O. The van der Waals surface area contributed by atoms with Crippen LogP contribution in [0.25, 0.3) is 0 Å². The van der Waals surface area contributed by atoms with E-state index >= 15 is 0 Å². The number of amides is 2. The first kappa shape index (κ1) is 13.9. The third-order valence-electron chi connectivity index (χ3n) is 2.05. The van der Waals surface area contributed by atoms with E-state index in [-0.39, 0.29) is 17.8 Å². The van der Waals surface area contributed by atoms with Gasteiger partial charge in [0.15, 0.2) is 0 Å². The summed E-state index contributed by atoms with van der Waals surface area (Å²) in [6.45, 7) is 0.620. The van der Waals surface area contributed by atoms with Gasteiger partial charge in [-0.1, -0.05) is 0 Å². The molecule has 0 heterocycles. The van der Waals surface area contributed by atoms with Crippen LogP contribution in [-0.2, 0) is 4.74 Å². The largest absolute Gasteiger partial charge is 0.478 e. The van der Waals surface area contributed by atoms with E-state index in [0.717, 1.165) is 12.1 Å². The lowest BCUT2D eigenvalue weighted by molar-refractivity contribution is 0.0697. The van der Waals surface area contributed by atoms with Gasteiger partial charge >= 0.3 is 12.0 Å². The first-order valence-corrected chi connectivity index (χ1v) is 5.11. The Kier molecular flexibility index (Phi) is 5.06. The minimum Gasteiger partial charge on any atom is -0.478 e. The van der Waals surface area contributed by atoms with Crippen molar-refractivity contribution >= 4 is 17.7 Å². The molecule has 0 unspecified atom stereocenters. The Morgan fingerprint density at radius 1 is 1.44 bits per heavy atom. The number of carbonyl (C=O) groups excluding carboxylic acids is 1. The molecule has 0 saturated heterocycles. The number of halogens is 1. The zero-order chi connectivity index (χ0) is 13.5. The lowest BCUT2D eigenvalue weighted by atomic mass is 10.2. The highest BCUT2D eigenvalue weighted by Gasteiger charge is 2.13.